The SMILES string of the molecule is [B]P(C)N1C(=O)N(CC2CC2)C2(CCC(COC(C)c3cc(C(F)(F)F)cc(C(F)(F)F)c3)(c3ccccc3)CC2)C1=O. The Morgan fingerprint density at radius 3 is 2.00 bits per heavy atom. The minimum absolute atomic E-state index is 0.00227. The maximum Gasteiger partial charge on any atom is 0.416 e. The number of rotatable bonds is 8. The Hall–Kier alpha value is -2.59. The van der Waals surface area contributed by atoms with Gasteiger partial charge in [0.25, 0.3) is 5.91 Å². The minimum atomic E-state index is -4.97. The van der Waals surface area contributed by atoms with Gasteiger partial charge in [0.2, 0.25) is 0 Å². The molecular formula is C30H32BF6N2O3P. The molecule has 230 valence electrons. The highest BCUT2D eigenvalue weighted by atomic mass is 31.1. The van der Waals surface area contributed by atoms with Crippen LogP contribution in [0.3, 0.4) is 0 Å². The summed E-state index contributed by atoms with van der Waals surface area (Å²) in [6, 6.07) is 10.4. The fraction of sp³-hybridized carbons (Fsp3) is 0.533. The second kappa shape index (κ2) is 11.4. The van der Waals surface area contributed by atoms with E-state index in [4.69, 9.17) is 12.3 Å². The second-order valence-corrected chi connectivity index (χ2v) is 13.5. The number of carbonyl (C=O) groups excluding carboxylic acids is 2. The fourth-order valence-corrected chi connectivity index (χ4v) is 7.17. The van der Waals surface area contributed by atoms with Gasteiger partial charge < -0.3 is 9.64 Å². The van der Waals surface area contributed by atoms with Crippen molar-refractivity contribution < 1.29 is 40.7 Å². The zero-order valence-corrected chi connectivity index (χ0v) is 24.7. The predicted molar refractivity (Wildman–Crippen MR) is 150 cm³/mol. The molecule has 0 aromatic heterocycles. The van der Waals surface area contributed by atoms with E-state index < -0.39 is 48.5 Å². The number of halogens is 6. The van der Waals surface area contributed by atoms with Crippen LogP contribution in [0, 0.1) is 5.92 Å². The summed E-state index contributed by atoms with van der Waals surface area (Å²) in [4.78, 5) is 28.8. The number of benzene rings is 2. The van der Waals surface area contributed by atoms with Crippen LogP contribution >= 0.6 is 7.95 Å². The standard InChI is InChI=1S/C30H32BF6N2O3P/c1-19(21-14-23(29(32,33)34)16-24(15-21)30(35,36)37)42-18-27(22-6-4-3-5-7-22)10-12-28(13-11-27)25(40)39(43(2)31)26(41)38(28)17-20-8-9-20/h3-7,14-16,19-20H,8-13,17-18H2,1-2H3. The number of urea groups is 1. The van der Waals surface area contributed by atoms with Crippen molar-refractivity contribution in [1.82, 2.24) is 9.57 Å². The lowest BCUT2D eigenvalue weighted by atomic mass is 9.64. The Morgan fingerprint density at radius 2 is 1.51 bits per heavy atom. The molecule has 2 radical (unpaired) electrons. The molecule has 2 unspecified atom stereocenters. The summed E-state index contributed by atoms with van der Waals surface area (Å²) in [5, 5.41) is 0. The number of carbonyl (C=O) groups is 2. The average molecular weight is 624 g/mol. The van der Waals surface area contributed by atoms with Crippen molar-refractivity contribution in [2.45, 2.75) is 74.9 Å². The summed E-state index contributed by atoms with van der Waals surface area (Å²) in [6.45, 7) is 3.56. The zero-order chi connectivity index (χ0) is 31.4. The third-order valence-corrected chi connectivity index (χ3v) is 10.1. The van der Waals surface area contributed by atoms with Gasteiger partial charge >= 0.3 is 18.4 Å². The zero-order valence-electron chi connectivity index (χ0n) is 23.8. The number of alkyl halides is 6. The molecule has 2 aliphatic carbocycles. The number of hydrogen-bond donors (Lipinski definition) is 0. The number of ether oxygens (including phenoxy) is 1. The van der Waals surface area contributed by atoms with E-state index in [9.17, 15) is 35.9 Å². The van der Waals surface area contributed by atoms with E-state index in [2.05, 4.69) is 0 Å². The number of amides is 3. The normalized spacial score (nSPS) is 26.3. The Labute approximate surface area is 249 Å². The maximum absolute atomic E-state index is 13.8. The van der Waals surface area contributed by atoms with E-state index in [1.807, 2.05) is 30.3 Å². The van der Waals surface area contributed by atoms with Gasteiger partial charge in [-0.3, -0.25) is 9.46 Å². The molecule has 3 aliphatic rings. The smallest absolute Gasteiger partial charge is 0.373 e. The highest BCUT2D eigenvalue weighted by Gasteiger charge is 2.61. The lowest BCUT2D eigenvalue weighted by Gasteiger charge is -2.47. The first-order valence-electron chi connectivity index (χ1n) is 14.2. The molecule has 0 bridgehead atoms. The summed E-state index contributed by atoms with van der Waals surface area (Å²) in [7, 11) is 4.61. The Kier molecular flexibility index (Phi) is 8.44. The summed E-state index contributed by atoms with van der Waals surface area (Å²) < 4.78 is 88.2. The van der Waals surface area contributed by atoms with E-state index >= 15 is 0 Å². The molecule has 5 nitrogen and oxygen atoms in total. The van der Waals surface area contributed by atoms with Crippen LogP contribution in [0.25, 0.3) is 0 Å². The van der Waals surface area contributed by atoms with Gasteiger partial charge in [0.1, 0.15) is 13.1 Å². The average Bonchev–Trinajstić information content (AvgIpc) is 3.75. The number of imide groups is 1. The van der Waals surface area contributed by atoms with Crippen molar-refractivity contribution in [3.63, 3.8) is 0 Å². The van der Waals surface area contributed by atoms with Crippen molar-refractivity contribution in [3.8, 4) is 0 Å². The Balaban J connectivity index is 1.42. The lowest BCUT2D eigenvalue weighted by molar-refractivity contribution is -0.143. The molecule has 1 heterocycles. The first-order chi connectivity index (χ1) is 20.1. The summed E-state index contributed by atoms with van der Waals surface area (Å²) in [5.74, 6) is 0.0438. The highest BCUT2D eigenvalue weighted by Crippen LogP contribution is 2.53. The maximum atomic E-state index is 13.8. The third-order valence-electron chi connectivity index (χ3n) is 9.08. The largest absolute Gasteiger partial charge is 0.416 e. The first-order valence-corrected chi connectivity index (χ1v) is 16.0. The van der Waals surface area contributed by atoms with Crippen LogP contribution in [-0.2, 0) is 27.3 Å². The van der Waals surface area contributed by atoms with Crippen molar-refractivity contribution in [1.29, 1.82) is 0 Å². The molecule has 3 fully saturated rings. The summed E-state index contributed by atoms with van der Waals surface area (Å²) >= 11 is 0. The van der Waals surface area contributed by atoms with Crippen molar-refractivity contribution in [3.05, 3.63) is 70.8 Å². The van der Waals surface area contributed by atoms with Crippen LogP contribution in [-0.4, -0.2) is 54.4 Å². The van der Waals surface area contributed by atoms with Crippen molar-refractivity contribution in [2.75, 3.05) is 19.8 Å². The molecule has 1 spiro atoms. The molecule has 2 aromatic carbocycles. The third kappa shape index (κ3) is 6.19. The quantitative estimate of drug-likeness (QED) is 0.130. The van der Waals surface area contributed by atoms with Gasteiger partial charge in [-0.1, -0.05) is 38.3 Å². The minimum Gasteiger partial charge on any atom is -0.373 e. The van der Waals surface area contributed by atoms with Crippen LogP contribution in [0.2, 0.25) is 0 Å². The summed E-state index contributed by atoms with van der Waals surface area (Å²) in [5.41, 5.74) is -3.87. The number of nitrogens with zero attached hydrogens (tertiary/aromatic N) is 2. The molecule has 43 heavy (non-hydrogen) atoms. The molecule has 2 aromatic rings. The van der Waals surface area contributed by atoms with Gasteiger partial charge in [-0.25, -0.2) is 4.79 Å². The van der Waals surface area contributed by atoms with E-state index in [0.29, 0.717) is 50.3 Å². The lowest BCUT2D eigenvalue weighted by Crippen LogP contribution is -2.55. The first kappa shape index (κ1) is 31.8. The molecule has 0 N–H and O–H groups in total. The molecule has 3 amide bonds. The van der Waals surface area contributed by atoms with Gasteiger partial charge in [0, 0.05) is 12.0 Å². The molecule has 13 heteroatoms. The second-order valence-electron chi connectivity index (χ2n) is 12.0. The van der Waals surface area contributed by atoms with Gasteiger partial charge in [-0.2, -0.15) is 26.3 Å². The molecule has 2 atom stereocenters. The van der Waals surface area contributed by atoms with Crippen LogP contribution in [0.5, 0.6) is 0 Å². The van der Waals surface area contributed by atoms with Gasteiger partial charge in [-0.05, 0) is 87.4 Å². The van der Waals surface area contributed by atoms with E-state index in [-0.39, 0.29) is 30.2 Å². The highest BCUT2D eigenvalue weighted by molar-refractivity contribution is 7.80. The van der Waals surface area contributed by atoms with E-state index in [0.717, 1.165) is 18.4 Å². The Bertz CT molecular complexity index is 1330. The molecule has 1 aliphatic heterocycles. The van der Waals surface area contributed by atoms with Crippen LogP contribution in [0.4, 0.5) is 31.1 Å². The van der Waals surface area contributed by atoms with Gasteiger partial charge in [0.05, 0.1) is 23.8 Å². The monoisotopic (exact) mass is 624 g/mol. The predicted octanol–water partition coefficient (Wildman–Crippen LogP) is 7.84. The fourth-order valence-electron chi connectivity index (χ4n) is 6.31. The van der Waals surface area contributed by atoms with Crippen molar-refractivity contribution >= 4 is 27.5 Å². The molecule has 1 saturated heterocycles. The van der Waals surface area contributed by atoms with Crippen LogP contribution in [0.1, 0.15) is 73.8 Å². The number of hydrogen-bond acceptors (Lipinski definition) is 3. The van der Waals surface area contributed by atoms with Crippen LogP contribution in [0.15, 0.2) is 48.5 Å². The molecule has 2 saturated carbocycles. The molecular weight excluding hydrogens is 592 g/mol. The van der Waals surface area contributed by atoms with Crippen molar-refractivity contribution in [2.24, 2.45) is 5.92 Å². The van der Waals surface area contributed by atoms with E-state index in [1.54, 1.807) is 11.6 Å². The summed E-state index contributed by atoms with van der Waals surface area (Å²) in [6.07, 6.45) is -7.54. The van der Waals surface area contributed by atoms with Gasteiger partial charge in [-0.15, -0.1) is 0 Å². The van der Waals surface area contributed by atoms with Gasteiger partial charge in [0.15, 0.2) is 0 Å². The van der Waals surface area contributed by atoms with Crippen LogP contribution < -0.4 is 0 Å². The van der Waals surface area contributed by atoms with E-state index in [1.165, 1.54) is 11.6 Å². The molecule has 5 rings (SSSR count). The Morgan fingerprint density at radius 1 is 0.953 bits per heavy atom. The topological polar surface area (TPSA) is 49.9 Å².